The molecule has 1 aliphatic carbocycles. The van der Waals surface area contributed by atoms with E-state index in [1.807, 2.05) is 0 Å². The van der Waals surface area contributed by atoms with Gasteiger partial charge < -0.3 is 9.47 Å². The Labute approximate surface area is 320 Å². The van der Waals surface area contributed by atoms with Crippen molar-refractivity contribution in [1.82, 2.24) is 4.57 Å². The minimum Gasteiger partial charge on any atom is -0.322 e. The summed E-state index contributed by atoms with van der Waals surface area (Å²) in [5.41, 5.74) is 13.9. The summed E-state index contributed by atoms with van der Waals surface area (Å²) >= 11 is 0. The van der Waals surface area contributed by atoms with Crippen molar-refractivity contribution < 1.29 is 0 Å². The van der Waals surface area contributed by atoms with E-state index < -0.39 is 5.54 Å². The second kappa shape index (κ2) is 12.5. The first kappa shape index (κ1) is 31.4. The molecule has 0 bridgehead atoms. The maximum Gasteiger partial charge on any atom is 0.122 e. The van der Waals surface area contributed by atoms with Gasteiger partial charge in [0.25, 0.3) is 0 Å². The average molecular weight is 701 g/mol. The highest BCUT2D eigenvalue weighted by Crippen LogP contribution is 2.56. The van der Waals surface area contributed by atoms with E-state index >= 15 is 0 Å². The zero-order valence-electron chi connectivity index (χ0n) is 30.2. The third-order valence-corrected chi connectivity index (χ3v) is 11.6. The predicted molar refractivity (Wildman–Crippen MR) is 231 cm³/mol. The van der Waals surface area contributed by atoms with E-state index in [-0.39, 0.29) is 0 Å². The molecule has 9 aromatic carbocycles. The monoisotopic (exact) mass is 700 g/mol. The maximum atomic E-state index is 2.63. The number of hydrogen-bond donors (Lipinski definition) is 0. The van der Waals surface area contributed by atoms with Crippen molar-refractivity contribution in [3.05, 3.63) is 235 Å². The Bertz CT molecular complexity index is 2980. The van der Waals surface area contributed by atoms with Crippen molar-refractivity contribution in [2.24, 2.45) is 0 Å². The molecule has 55 heavy (non-hydrogen) atoms. The fraction of sp³-hybridized carbons (Fsp3) is 0.0189. The molecule has 2 nitrogen and oxygen atoms in total. The highest BCUT2D eigenvalue weighted by molar-refractivity contribution is 6.10. The van der Waals surface area contributed by atoms with Crippen LogP contribution in [0.5, 0.6) is 0 Å². The van der Waals surface area contributed by atoms with E-state index in [1.165, 1.54) is 71.5 Å². The third-order valence-electron chi connectivity index (χ3n) is 11.6. The van der Waals surface area contributed by atoms with Gasteiger partial charge in [-0.3, -0.25) is 0 Å². The summed E-state index contributed by atoms with van der Waals surface area (Å²) < 4.78 is 2.63. The SMILES string of the molecule is c1ccc(N(c2ccc(-c3cccc4ccccc34)cc2)c2ccc3c4ccccc4n(C4(c5ccccc5)c5ccccc5-c5ccccc54)c3c2)cc1. The number of anilines is 3. The Morgan fingerprint density at radius 2 is 0.873 bits per heavy atom. The molecular weight excluding hydrogens is 665 g/mol. The summed E-state index contributed by atoms with van der Waals surface area (Å²) in [6.07, 6.45) is 0. The van der Waals surface area contributed by atoms with Gasteiger partial charge in [0, 0.05) is 27.8 Å². The molecule has 0 unspecified atom stereocenters. The second-order valence-corrected chi connectivity index (χ2v) is 14.5. The highest BCUT2D eigenvalue weighted by atomic mass is 15.1. The lowest BCUT2D eigenvalue weighted by Gasteiger charge is -2.36. The summed E-state index contributed by atoms with van der Waals surface area (Å²) in [5, 5.41) is 4.99. The average Bonchev–Trinajstić information content (AvgIpc) is 3.75. The van der Waals surface area contributed by atoms with E-state index in [1.54, 1.807) is 0 Å². The molecule has 258 valence electrons. The second-order valence-electron chi connectivity index (χ2n) is 14.5. The zero-order valence-corrected chi connectivity index (χ0v) is 30.2. The van der Waals surface area contributed by atoms with Gasteiger partial charge in [0.1, 0.15) is 5.54 Å². The van der Waals surface area contributed by atoms with Crippen molar-refractivity contribution in [2.45, 2.75) is 5.54 Å². The van der Waals surface area contributed by atoms with Crippen LogP contribution in [0.4, 0.5) is 17.1 Å². The lowest BCUT2D eigenvalue weighted by molar-refractivity contribution is 0.564. The van der Waals surface area contributed by atoms with Gasteiger partial charge in [0.15, 0.2) is 0 Å². The van der Waals surface area contributed by atoms with Crippen molar-refractivity contribution in [2.75, 3.05) is 4.90 Å². The molecule has 0 radical (unpaired) electrons. The van der Waals surface area contributed by atoms with Crippen LogP contribution < -0.4 is 4.90 Å². The van der Waals surface area contributed by atoms with Crippen LogP contribution in [-0.2, 0) is 5.54 Å². The van der Waals surface area contributed by atoms with Crippen molar-refractivity contribution in [3.8, 4) is 22.3 Å². The maximum absolute atomic E-state index is 2.63. The number of para-hydroxylation sites is 2. The Kier molecular flexibility index (Phi) is 7.11. The first-order valence-electron chi connectivity index (χ1n) is 19.0. The fourth-order valence-electron chi connectivity index (χ4n) is 9.32. The molecule has 11 rings (SSSR count). The van der Waals surface area contributed by atoms with E-state index in [0.29, 0.717) is 0 Å². The van der Waals surface area contributed by atoms with Crippen LogP contribution in [0.15, 0.2) is 218 Å². The lowest BCUT2D eigenvalue weighted by Crippen LogP contribution is -2.35. The van der Waals surface area contributed by atoms with Crippen LogP contribution in [0, 0.1) is 0 Å². The van der Waals surface area contributed by atoms with E-state index in [0.717, 1.165) is 17.1 Å². The van der Waals surface area contributed by atoms with Crippen LogP contribution in [0.1, 0.15) is 16.7 Å². The number of hydrogen-bond acceptors (Lipinski definition) is 1. The van der Waals surface area contributed by atoms with Crippen molar-refractivity contribution in [3.63, 3.8) is 0 Å². The van der Waals surface area contributed by atoms with Crippen LogP contribution in [0.3, 0.4) is 0 Å². The largest absolute Gasteiger partial charge is 0.322 e. The standard InChI is InChI=1S/C53H36N2/c1-3-18-39(19-4-1)53(49-27-12-9-23-45(49)46-24-10-13-28-50(46)53)55-51-29-14-11-25-47(51)48-35-34-42(36-52(48)55)54(40-20-5-2-6-21-40)41-32-30-38(31-33-41)44-26-15-17-37-16-7-8-22-43(37)44/h1-36H. The number of nitrogens with zero attached hydrogens (tertiary/aromatic N) is 2. The molecule has 0 N–H and O–H groups in total. The fourth-order valence-corrected chi connectivity index (χ4v) is 9.32. The molecule has 0 spiro atoms. The van der Waals surface area contributed by atoms with Gasteiger partial charge in [-0.05, 0) is 92.2 Å². The molecule has 0 saturated carbocycles. The molecule has 1 aliphatic rings. The molecule has 0 fully saturated rings. The van der Waals surface area contributed by atoms with E-state index in [9.17, 15) is 0 Å². The van der Waals surface area contributed by atoms with Crippen LogP contribution in [0.2, 0.25) is 0 Å². The summed E-state index contributed by atoms with van der Waals surface area (Å²) in [5.74, 6) is 0. The summed E-state index contributed by atoms with van der Waals surface area (Å²) in [6, 6.07) is 80.0. The Balaban J connectivity index is 1.18. The first-order chi connectivity index (χ1) is 27.3. The van der Waals surface area contributed by atoms with Gasteiger partial charge in [-0.15, -0.1) is 0 Å². The predicted octanol–water partition coefficient (Wildman–Crippen LogP) is 13.9. The molecule has 10 aromatic rings. The van der Waals surface area contributed by atoms with Crippen LogP contribution in [-0.4, -0.2) is 4.57 Å². The van der Waals surface area contributed by atoms with E-state index in [2.05, 4.69) is 228 Å². The van der Waals surface area contributed by atoms with E-state index in [4.69, 9.17) is 0 Å². The lowest BCUT2D eigenvalue weighted by atomic mass is 9.80. The first-order valence-corrected chi connectivity index (χ1v) is 19.0. The number of aromatic nitrogens is 1. The minimum atomic E-state index is -0.605. The third kappa shape index (κ3) is 4.68. The van der Waals surface area contributed by atoms with Gasteiger partial charge in [-0.1, -0.05) is 176 Å². The minimum absolute atomic E-state index is 0.605. The molecule has 0 atom stereocenters. The zero-order chi connectivity index (χ0) is 36.3. The molecule has 1 aromatic heterocycles. The molecule has 0 aliphatic heterocycles. The highest BCUT2D eigenvalue weighted by Gasteiger charge is 2.47. The molecule has 0 amide bonds. The smallest absolute Gasteiger partial charge is 0.122 e. The number of benzene rings is 9. The van der Waals surface area contributed by atoms with Crippen molar-refractivity contribution in [1.29, 1.82) is 0 Å². The summed E-state index contributed by atoms with van der Waals surface area (Å²) in [6.45, 7) is 0. The summed E-state index contributed by atoms with van der Waals surface area (Å²) in [7, 11) is 0. The molecule has 2 heteroatoms. The number of fused-ring (bicyclic) bond motifs is 7. The Hall–Kier alpha value is -7.16. The molecule has 0 saturated heterocycles. The molecule has 1 heterocycles. The van der Waals surface area contributed by atoms with Gasteiger partial charge in [-0.25, -0.2) is 0 Å². The topological polar surface area (TPSA) is 8.17 Å². The van der Waals surface area contributed by atoms with Gasteiger partial charge in [0.2, 0.25) is 0 Å². The van der Waals surface area contributed by atoms with Crippen LogP contribution in [0.25, 0.3) is 54.8 Å². The van der Waals surface area contributed by atoms with Gasteiger partial charge in [0.05, 0.1) is 11.0 Å². The van der Waals surface area contributed by atoms with Gasteiger partial charge >= 0.3 is 0 Å². The van der Waals surface area contributed by atoms with Gasteiger partial charge in [-0.2, -0.15) is 0 Å². The quantitative estimate of drug-likeness (QED) is 0.168. The summed E-state index contributed by atoms with van der Waals surface area (Å²) in [4.78, 5) is 2.39. The van der Waals surface area contributed by atoms with Crippen LogP contribution >= 0.6 is 0 Å². The Morgan fingerprint density at radius 1 is 0.345 bits per heavy atom. The van der Waals surface area contributed by atoms with Crippen molar-refractivity contribution >= 4 is 49.6 Å². The Morgan fingerprint density at radius 3 is 1.62 bits per heavy atom. The normalized spacial score (nSPS) is 12.9. The number of rotatable bonds is 6. The molecular formula is C53H36N2.